The Hall–Kier alpha value is -3.39. The van der Waals surface area contributed by atoms with E-state index < -0.39 is 10.7 Å². The number of anilines is 1. The van der Waals surface area contributed by atoms with E-state index in [4.69, 9.17) is 0 Å². The number of ketones is 1. The predicted molar refractivity (Wildman–Crippen MR) is 134 cm³/mol. The van der Waals surface area contributed by atoms with E-state index in [0.717, 1.165) is 46.6 Å². The second-order valence-corrected chi connectivity index (χ2v) is 10.2. The second kappa shape index (κ2) is 9.70. The van der Waals surface area contributed by atoms with Crippen LogP contribution in [0.25, 0.3) is 10.4 Å². The molecular weight excluding hydrogens is 467 g/mol. The number of nitro benzene ring substituents is 1. The van der Waals surface area contributed by atoms with Crippen molar-refractivity contribution in [3.63, 3.8) is 0 Å². The maximum atomic E-state index is 14.3. The van der Waals surface area contributed by atoms with Gasteiger partial charge in [-0.25, -0.2) is 4.39 Å². The molecule has 0 bridgehead atoms. The van der Waals surface area contributed by atoms with Crippen LogP contribution in [0.15, 0.2) is 48.5 Å². The molecule has 1 aliphatic carbocycles. The highest BCUT2D eigenvalue weighted by atomic mass is 32.1. The average Bonchev–Trinajstić information content (AvgIpc) is 3.02. The smallest absolute Gasteiger partial charge is 0.269 e. The molecule has 0 atom stereocenters. The van der Waals surface area contributed by atoms with Gasteiger partial charge in [-0.15, -0.1) is 11.3 Å². The highest BCUT2D eigenvalue weighted by Gasteiger charge is 2.30. The van der Waals surface area contributed by atoms with Gasteiger partial charge >= 0.3 is 0 Å². The Morgan fingerprint density at radius 2 is 1.71 bits per heavy atom. The number of rotatable bonds is 4. The zero-order valence-electron chi connectivity index (χ0n) is 19.2. The van der Waals surface area contributed by atoms with Gasteiger partial charge in [0.1, 0.15) is 5.82 Å². The molecule has 0 N–H and O–H groups in total. The molecule has 1 aromatic heterocycles. The lowest BCUT2D eigenvalue weighted by molar-refractivity contribution is -0.384. The predicted octanol–water partition coefficient (Wildman–Crippen LogP) is 6.82. The zero-order valence-corrected chi connectivity index (χ0v) is 20.0. The van der Waals surface area contributed by atoms with Crippen LogP contribution in [-0.4, -0.2) is 23.2 Å². The lowest BCUT2D eigenvalue weighted by Gasteiger charge is -2.23. The topological polar surface area (TPSA) is 80.5 Å². The molecule has 0 unspecified atom stereocenters. The van der Waals surface area contributed by atoms with Gasteiger partial charge in [0.15, 0.2) is 5.78 Å². The molecule has 180 valence electrons. The maximum Gasteiger partial charge on any atom is 0.269 e. The van der Waals surface area contributed by atoms with E-state index in [1.54, 1.807) is 6.07 Å². The van der Waals surface area contributed by atoms with Crippen LogP contribution in [0.3, 0.4) is 0 Å². The molecule has 1 aliphatic heterocycles. The van der Waals surface area contributed by atoms with Gasteiger partial charge in [0.05, 0.1) is 15.5 Å². The van der Waals surface area contributed by atoms with E-state index >= 15 is 0 Å². The van der Waals surface area contributed by atoms with Crippen LogP contribution < -0.4 is 4.90 Å². The van der Waals surface area contributed by atoms with Crippen molar-refractivity contribution in [2.24, 2.45) is 5.92 Å². The molecular formula is C27H25FN2O4S. The first-order valence-electron chi connectivity index (χ1n) is 12.0. The standard InChI is InChI=1S/C27H25FN2O4S/c28-20-9-12-22-23(16-20)29(27(32)18-7-10-21(11-8-18)30(33)34)14-13-19-15-24(35-26(19)22)25(31)17-5-3-1-2-4-6-17/h7-12,15-17H,1-6,13-14H2. The van der Waals surface area contributed by atoms with Crippen molar-refractivity contribution in [3.8, 4) is 10.4 Å². The van der Waals surface area contributed by atoms with Crippen LogP contribution in [0.1, 0.15) is 64.1 Å². The van der Waals surface area contributed by atoms with E-state index in [1.807, 2.05) is 6.07 Å². The van der Waals surface area contributed by atoms with E-state index in [2.05, 4.69) is 0 Å². The molecule has 6 nitrogen and oxygen atoms in total. The number of hydrogen-bond acceptors (Lipinski definition) is 5. The summed E-state index contributed by atoms with van der Waals surface area (Å²) in [7, 11) is 0. The fourth-order valence-corrected chi connectivity index (χ4v) is 6.33. The van der Waals surface area contributed by atoms with Crippen LogP contribution in [-0.2, 0) is 6.42 Å². The highest BCUT2D eigenvalue weighted by molar-refractivity contribution is 7.17. The highest BCUT2D eigenvalue weighted by Crippen LogP contribution is 2.43. The Morgan fingerprint density at radius 3 is 2.40 bits per heavy atom. The number of thiophene rings is 1. The van der Waals surface area contributed by atoms with Crippen molar-refractivity contribution in [1.29, 1.82) is 0 Å². The monoisotopic (exact) mass is 492 g/mol. The van der Waals surface area contributed by atoms with Gasteiger partial charge in [-0.1, -0.05) is 25.7 Å². The quantitative estimate of drug-likeness (QED) is 0.173. The third-order valence-electron chi connectivity index (χ3n) is 6.95. The van der Waals surface area contributed by atoms with Gasteiger partial charge in [0.2, 0.25) is 0 Å². The fourth-order valence-electron chi connectivity index (χ4n) is 5.07. The fraction of sp³-hybridized carbons (Fsp3) is 0.333. The average molecular weight is 493 g/mol. The van der Waals surface area contributed by atoms with Gasteiger partial charge < -0.3 is 4.90 Å². The van der Waals surface area contributed by atoms with Crippen LogP contribution in [0, 0.1) is 21.8 Å². The third-order valence-corrected chi connectivity index (χ3v) is 8.17. The molecule has 0 spiro atoms. The molecule has 0 saturated heterocycles. The Morgan fingerprint density at radius 1 is 1.00 bits per heavy atom. The maximum absolute atomic E-state index is 14.3. The molecule has 2 aromatic carbocycles. The van der Waals surface area contributed by atoms with Crippen LogP contribution in [0.5, 0.6) is 0 Å². The number of Topliss-reactive ketones (excluding diaryl/α,β-unsaturated/α-hetero) is 1. The Bertz CT molecular complexity index is 1290. The summed E-state index contributed by atoms with van der Waals surface area (Å²) in [4.78, 5) is 40.3. The molecule has 3 aromatic rings. The van der Waals surface area contributed by atoms with E-state index in [0.29, 0.717) is 24.2 Å². The number of nitrogens with zero attached hydrogens (tertiary/aromatic N) is 2. The van der Waals surface area contributed by atoms with Gasteiger partial charge in [-0.2, -0.15) is 0 Å². The first-order valence-corrected chi connectivity index (χ1v) is 12.8. The van der Waals surface area contributed by atoms with Crippen molar-refractivity contribution in [1.82, 2.24) is 0 Å². The van der Waals surface area contributed by atoms with Crippen molar-refractivity contribution >= 4 is 34.4 Å². The Labute approximate surface area is 206 Å². The van der Waals surface area contributed by atoms with Crippen molar-refractivity contribution in [2.45, 2.75) is 44.9 Å². The molecule has 2 heterocycles. The number of nitro groups is 1. The van der Waals surface area contributed by atoms with Gasteiger partial charge in [0, 0.05) is 40.6 Å². The van der Waals surface area contributed by atoms with Gasteiger partial charge in [-0.05, 0) is 61.2 Å². The first-order chi connectivity index (χ1) is 16.9. The number of fused-ring (bicyclic) bond motifs is 3. The normalized spacial score (nSPS) is 16.1. The number of carbonyl (C=O) groups is 2. The van der Waals surface area contributed by atoms with Gasteiger partial charge in [-0.3, -0.25) is 19.7 Å². The summed E-state index contributed by atoms with van der Waals surface area (Å²) >= 11 is 1.44. The minimum absolute atomic E-state index is 0.0627. The third kappa shape index (κ3) is 4.62. The van der Waals surface area contributed by atoms with Crippen LogP contribution in [0.2, 0.25) is 0 Å². The zero-order chi connectivity index (χ0) is 24.5. The summed E-state index contributed by atoms with van der Waals surface area (Å²) in [5.41, 5.74) is 2.34. The minimum Gasteiger partial charge on any atom is -0.307 e. The minimum atomic E-state index is -0.517. The molecule has 2 aliphatic rings. The number of halogens is 1. The molecule has 1 amide bonds. The number of hydrogen-bond donors (Lipinski definition) is 0. The lowest BCUT2D eigenvalue weighted by Crippen LogP contribution is -2.32. The molecule has 1 fully saturated rings. The van der Waals surface area contributed by atoms with Crippen LogP contribution in [0.4, 0.5) is 15.8 Å². The summed E-state index contributed by atoms with van der Waals surface area (Å²) in [6.45, 7) is 0.313. The molecule has 5 rings (SSSR count). The van der Waals surface area contributed by atoms with Crippen LogP contribution >= 0.6 is 11.3 Å². The molecule has 8 heteroatoms. The lowest BCUT2D eigenvalue weighted by atomic mass is 9.94. The Balaban J connectivity index is 1.49. The van der Waals surface area contributed by atoms with Gasteiger partial charge in [0.25, 0.3) is 11.6 Å². The van der Waals surface area contributed by atoms with Crippen molar-refractivity contribution in [2.75, 3.05) is 11.4 Å². The summed E-state index contributed by atoms with van der Waals surface area (Å²) < 4.78 is 14.3. The summed E-state index contributed by atoms with van der Waals surface area (Å²) in [5.74, 6) is -0.545. The van der Waals surface area contributed by atoms with E-state index in [9.17, 15) is 24.1 Å². The van der Waals surface area contributed by atoms with E-state index in [-0.39, 0.29) is 23.3 Å². The number of benzene rings is 2. The number of non-ortho nitro benzene ring substituents is 1. The summed E-state index contributed by atoms with van der Waals surface area (Å²) in [6.07, 6.45) is 6.93. The molecule has 35 heavy (non-hydrogen) atoms. The SMILES string of the molecule is O=C(c1cc2c(s1)-c1ccc(F)cc1N(C(=O)c1ccc([N+](=O)[O-])cc1)CC2)C1CCCCCC1. The molecule has 0 radical (unpaired) electrons. The summed E-state index contributed by atoms with van der Waals surface area (Å²) in [6, 6.07) is 11.8. The first kappa shape index (κ1) is 23.4. The summed E-state index contributed by atoms with van der Waals surface area (Å²) in [5, 5.41) is 11.0. The second-order valence-electron chi connectivity index (χ2n) is 9.19. The Kier molecular flexibility index (Phi) is 6.47. The number of amides is 1. The van der Waals surface area contributed by atoms with E-state index in [1.165, 1.54) is 65.5 Å². The largest absolute Gasteiger partial charge is 0.307 e. The number of carbonyl (C=O) groups excluding carboxylic acids is 2. The molecule has 1 saturated carbocycles. The van der Waals surface area contributed by atoms with Crippen molar-refractivity contribution in [3.05, 3.63) is 80.5 Å². The van der Waals surface area contributed by atoms with Crippen molar-refractivity contribution < 1.29 is 18.9 Å².